The smallest absolute Gasteiger partial charge is 0.407 e. The topological polar surface area (TPSA) is 40.5 Å². The minimum Gasteiger partial charge on any atom is -0.465 e. The Bertz CT molecular complexity index is 200. The van der Waals surface area contributed by atoms with E-state index in [-0.39, 0.29) is 0 Å². The molecule has 0 atom stereocenters. The van der Waals surface area contributed by atoms with Crippen LogP contribution in [0.25, 0.3) is 0 Å². The van der Waals surface area contributed by atoms with Crippen molar-refractivity contribution in [1.82, 2.24) is 4.90 Å². The van der Waals surface area contributed by atoms with E-state index in [1.165, 1.54) is 32.1 Å². The Labute approximate surface area is 98.8 Å². The molecule has 1 aliphatic carbocycles. The third-order valence-corrected chi connectivity index (χ3v) is 3.51. The van der Waals surface area contributed by atoms with Crippen molar-refractivity contribution in [3.8, 4) is 0 Å². The Morgan fingerprint density at radius 1 is 1.19 bits per heavy atom. The Morgan fingerprint density at radius 2 is 1.88 bits per heavy atom. The van der Waals surface area contributed by atoms with Crippen LogP contribution in [0.4, 0.5) is 4.79 Å². The fraction of sp³-hybridized carbons (Fsp3) is 0.923. The molecule has 1 rings (SSSR count). The second kappa shape index (κ2) is 7.53. The monoisotopic (exact) mass is 227 g/mol. The molecular formula is C13H25NO2. The molecule has 3 heteroatoms. The third-order valence-electron chi connectivity index (χ3n) is 3.51. The van der Waals surface area contributed by atoms with Crippen LogP contribution in [0.2, 0.25) is 0 Å². The van der Waals surface area contributed by atoms with Crippen molar-refractivity contribution in [3.63, 3.8) is 0 Å². The summed E-state index contributed by atoms with van der Waals surface area (Å²) in [7, 11) is 0. The lowest BCUT2D eigenvalue weighted by Gasteiger charge is -2.32. The molecule has 0 aliphatic heterocycles. The number of carboxylic acid groups (broad SMARTS) is 1. The molecule has 0 unspecified atom stereocenters. The van der Waals surface area contributed by atoms with Crippen LogP contribution in [-0.2, 0) is 0 Å². The maximum atomic E-state index is 11.2. The predicted molar refractivity (Wildman–Crippen MR) is 65.7 cm³/mol. The van der Waals surface area contributed by atoms with Gasteiger partial charge in [0.05, 0.1) is 0 Å². The Kier molecular flexibility index (Phi) is 6.27. The molecule has 0 aromatic rings. The molecule has 1 N–H and O–H groups in total. The Hall–Kier alpha value is -0.730. The van der Waals surface area contributed by atoms with E-state index in [4.69, 9.17) is 0 Å². The molecule has 0 bridgehead atoms. The molecule has 0 heterocycles. The normalized spacial score (nSPS) is 17.3. The van der Waals surface area contributed by atoms with Crippen LogP contribution in [0.15, 0.2) is 0 Å². The maximum absolute atomic E-state index is 11.2. The molecular weight excluding hydrogens is 202 g/mol. The lowest BCUT2D eigenvalue weighted by molar-refractivity contribution is 0.110. The van der Waals surface area contributed by atoms with Crippen LogP contribution >= 0.6 is 0 Å². The predicted octanol–water partition coefficient (Wildman–Crippen LogP) is 3.88. The highest BCUT2D eigenvalue weighted by atomic mass is 16.4. The summed E-state index contributed by atoms with van der Waals surface area (Å²) in [4.78, 5) is 12.9. The second-order valence-electron chi connectivity index (χ2n) is 4.83. The van der Waals surface area contributed by atoms with E-state index in [0.29, 0.717) is 6.04 Å². The summed E-state index contributed by atoms with van der Waals surface area (Å²) in [5.41, 5.74) is 0. The lowest BCUT2D eigenvalue weighted by Crippen LogP contribution is -2.41. The number of rotatable bonds is 6. The van der Waals surface area contributed by atoms with Crippen LogP contribution in [0.1, 0.15) is 64.7 Å². The van der Waals surface area contributed by atoms with Gasteiger partial charge in [0.1, 0.15) is 0 Å². The first kappa shape index (κ1) is 13.3. The van der Waals surface area contributed by atoms with Crippen LogP contribution < -0.4 is 0 Å². The summed E-state index contributed by atoms with van der Waals surface area (Å²) in [6.07, 6.45) is 9.70. The minimum absolute atomic E-state index is 0.299. The Morgan fingerprint density at radius 3 is 2.44 bits per heavy atom. The summed E-state index contributed by atoms with van der Waals surface area (Å²) >= 11 is 0. The molecule has 16 heavy (non-hydrogen) atoms. The highest BCUT2D eigenvalue weighted by Crippen LogP contribution is 2.23. The molecule has 1 aliphatic rings. The molecule has 0 radical (unpaired) electrons. The molecule has 0 aromatic heterocycles. The van der Waals surface area contributed by atoms with Gasteiger partial charge in [0.15, 0.2) is 0 Å². The summed E-state index contributed by atoms with van der Waals surface area (Å²) in [6, 6.07) is 0.299. The van der Waals surface area contributed by atoms with E-state index in [1.807, 2.05) is 0 Å². The number of hydrogen-bond donors (Lipinski definition) is 1. The van der Waals surface area contributed by atoms with E-state index in [9.17, 15) is 9.90 Å². The first-order valence-electron chi connectivity index (χ1n) is 6.75. The van der Waals surface area contributed by atoms with Crippen molar-refractivity contribution in [2.75, 3.05) is 6.54 Å². The van der Waals surface area contributed by atoms with Gasteiger partial charge in [-0.25, -0.2) is 4.79 Å². The summed E-state index contributed by atoms with van der Waals surface area (Å²) in [6.45, 7) is 2.91. The summed E-state index contributed by atoms with van der Waals surface area (Å²) in [5, 5.41) is 9.21. The van der Waals surface area contributed by atoms with Gasteiger partial charge in [-0.3, -0.25) is 0 Å². The van der Waals surface area contributed by atoms with Crippen molar-refractivity contribution in [1.29, 1.82) is 0 Å². The Balaban J connectivity index is 2.31. The summed E-state index contributed by atoms with van der Waals surface area (Å²) < 4.78 is 0. The van der Waals surface area contributed by atoms with E-state index in [0.717, 1.165) is 32.2 Å². The van der Waals surface area contributed by atoms with Gasteiger partial charge < -0.3 is 10.0 Å². The first-order chi connectivity index (χ1) is 7.75. The fourth-order valence-electron chi connectivity index (χ4n) is 2.54. The van der Waals surface area contributed by atoms with E-state index in [1.54, 1.807) is 4.90 Å². The number of amides is 1. The van der Waals surface area contributed by atoms with Gasteiger partial charge in [-0.2, -0.15) is 0 Å². The zero-order valence-corrected chi connectivity index (χ0v) is 10.5. The van der Waals surface area contributed by atoms with Crippen LogP contribution in [-0.4, -0.2) is 28.7 Å². The quantitative estimate of drug-likeness (QED) is 0.699. The number of nitrogens with zero attached hydrogens (tertiary/aromatic N) is 1. The van der Waals surface area contributed by atoms with Gasteiger partial charge in [-0.05, 0) is 19.3 Å². The number of unbranched alkanes of at least 4 members (excludes halogenated alkanes) is 3. The lowest BCUT2D eigenvalue weighted by atomic mass is 9.94. The average Bonchev–Trinajstić information content (AvgIpc) is 2.30. The van der Waals surface area contributed by atoms with Gasteiger partial charge in [-0.1, -0.05) is 45.4 Å². The average molecular weight is 227 g/mol. The molecule has 1 fully saturated rings. The van der Waals surface area contributed by atoms with Gasteiger partial charge in [0.25, 0.3) is 0 Å². The summed E-state index contributed by atoms with van der Waals surface area (Å²) in [5.74, 6) is 0. The van der Waals surface area contributed by atoms with Crippen molar-refractivity contribution in [2.45, 2.75) is 70.8 Å². The highest BCUT2D eigenvalue weighted by Gasteiger charge is 2.24. The molecule has 0 saturated heterocycles. The number of hydrogen-bond acceptors (Lipinski definition) is 1. The van der Waals surface area contributed by atoms with Gasteiger partial charge in [-0.15, -0.1) is 0 Å². The van der Waals surface area contributed by atoms with E-state index in [2.05, 4.69) is 6.92 Å². The van der Waals surface area contributed by atoms with Crippen molar-refractivity contribution in [3.05, 3.63) is 0 Å². The van der Waals surface area contributed by atoms with Crippen LogP contribution in [0.5, 0.6) is 0 Å². The van der Waals surface area contributed by atoms with Gasteiger partial charge in [0, 0.05) is 12.6 Å². The molecule has 94 valence electrons. The van der Waals surface area contributed by atoms with E-state index >= 15 is 0 Å². The highest BCUT2D eigenvalue weighted by molar-refractivity contribution is 5.65. The van der Waals surface area contributed by atoms with Gasteiger partial charge >= 0.3 is 6.09 Å². The first-order valence-corrected chi connectivity index (χ1v) is 6.75. The molecule has 0 aromatic carbocycles. The van der Waals surface area contributed by atoms with Crippen LogP contribution in [0, 0.1) is 0 Å². The minimum atomic E-state index is -0.719. The molecule has 3 nitrogen and oxygen atoms in total. The van der Waals surface area contributed by atoms with Crippen molar-refractivity contribution >= 4 is 6.09 Å². The maximum Gasteiger partial charge on any atom is 0.407 e. The largest absolute Gasteiger partial charge is 0.465 e. The SMILES string of the molecule is CCCCCCN(C(=O)O)C1CCCCC1. The van der Waals surface area contributed by atoms with Gasteiger partial charge in [0.2, 0.25) is 0 Å². The molecule has 1 amide bonds. The third kappa shape index (κ3) is 4.42. The number of carbonyl (C=O) groups is 1. The van der Waals surface area contributed by atoms with E-state index < -0.39 is 6.09 Å². The zero-order valence-electron chi connectivity index (χ0n) is 10.5. The van der Waals surface area contributed by atoms with Crippen molar-refractivity contribution < 1.29 is 9.90 Å². The van der Waals surface area contributed by atoms with Crippen molar-refractivity contribution in [2.24, 2.45) is 0 Å². The molecule has 0 spiro atoms. The molecule has 1 saturated carbocycles. The zero-order chi connectivity index (χ0) is 11.8. The standard InChI is InChI=1S/C13H25NO2/c1-2-3-4-8-11-14(13(15)16)12-9-6-5-7-10-12/h12H,2-11H2,1H3,(H,15,16). The second-order valence-corrected chi connectivity index (χ2v) is 4.83. The van der Waals surface area contributed by atoms with Crippen LogP contribution in [0.3, 0.4) is 0 Å². The fourth-order valence-corrected chi connectivity index (χ4v) is 2.54.